The molecule has 0 radical (unpaired) electrons. The number of unbranched alkanes of at least 4 members (excludes halogenated alkanes) is 1. The van der Waals surface area contributed by atoms with Crippen LogP contribution in [-0.2, 0) is 14.4 Å². The molecule has 7 heteroatoms. The molecule has 0 aliphatic rings. The molecule has 0 aliphatic carbocycles. The van der Waals surface area contributed by atoms with Gasteiger partial charge >= 0.3 is 5.97 Å². The molecule has 7 nitrogen and oxygen atoms in total. The Morgan fingerprint density at radius 2 is 1.96 bits per heavy atom. The summed E-state index contributed by atoms with van der Waals surface area (Å²) in [5, 5.41) is 8.37. The molecule has 0 N–H and O–H groups in total. The second-order valence-corrected chi connectivity index (χ2v) is 4.81. The highest BCUT2D eigenvalue weighted by Gasteiger charge is 2.17. The van der Waals surface area contributed by atoms with Crippen LogP contribution in [-0.4, -0.2) is 31.4 Å². The van der Waals surface area contributed by atoms with Gasteiger partial charge in [0.05, 0.1) is 34.5 Å². The highest BCUT2D eigenvalue weighted by Crippen LogP contribution is 2.25. The van der Waals surface area contributed by atoms with Crippen LogP contribution in [0.1, 0.15) is 43.5 Å². The number of ether oxygens (including phenoxy) is 2. The predicted molar refractivity (Wildman–Crippen MR) is 92.1 cm³/mol. The monoisotopic (exact) mass is 356 g/mol. The van der Waals surface area contributed by atoms with Crippen molar-refractivity contribution in [1.29, 1.82) is 0 Å². The van der Waals surface area contributed by atoms with E-state index in [-0.39, 0.29) is 37.2 Å². The van der Waals surface area contributed by atoms with Gasteiger partial charge in [0.1, 0.15) is 5.75 Å². The van der Waals surface area contributed by atoms with Crippen molar-refractivity contribution in [2.75, 3.05) is 20.3 Å². The average molecular weight is 356 g/mol. The molecular weight excluding hydrogens is 326 g/mol. The zero-order valence-electron chi connectivity index (χ0n) is 22.3. The Balaban J connectivity index is 2.56. The largest absolute Gasteiger partial charge is 0.497 e. The van der Waals surface area contributed by atoms with Crippen LogP contribution in [0.15, 0.2) is 36.3 Å². The van der Waals surface area contributed by atoms with Crippen molar-refractivity contribution >= 4 is 16.7 Å². The summed E-state index contributed by atoms with van der Waals surface area (Å²) in [6.45, 7) is -3.67. The number of hydrogen-bond acceptors (Lipinski definition) is 6. The molecule has 0 heterocycles. The first kappa shape index (κ1) is 9.60. The van der Waals surface area contributed by atoms with Gasteiger partial charge in [-0.05, 0) is 48.1 Å². The van der Waals surface area contributed by atoms with Crippen molar-refractivity contribution in [2.45, 2.75) is 25.6 Å². The molecular formula is C18H21NO6. The minimum atomic E-state index is -3.10. The van der Waals surface area contributed by atoms with Crippen molar-refractivity contribution in [1.82, 2.24) is 0 Å². The maximum Gasteiger partial charge on any atom is 0.313 e. The van der Waals surface area contributed by atoms with E-state index in [4.69, 9.17) is 21.8 Å². The number of methoxy groups -OCH3 is 1. The Bertz CT molecular complexity index is 1120. The van der Waals surface area contributed by atoms with Crippen molar-refractivity contribution in [3.05, 3.63) is 51.9 Å². The van der Waals surface area contributed by atoms with E-state index in [0.29, 0.717) is 0 Å². The number of rotatable bonds is 9. The number of fused-ring (bicyclic) bond motifs is 1. The average Bonchev–Trinajstić information content (AvgIpc) is 2.73. The lowest BCUT2D eigenvalue weighted by Crippen LogP contribution is -2.14. The molecule has 0 aromatic heterocycles. The lowest BCUT2D eigenvalue weighted by Gasteiger charge is -2.13. The maximum atomic E-state index is 12.7. The lowest BCUT2D eigenvalue weighted by atomic mass is 9.98. The predicted octanol–water partition coefficient (Wildman–Crippen LogP) is 3.48. The highest BCUT2D eigenvalue weighted by molar-refractivity contribution is 5.86. The van der Waals surface area contributed by atoms with Gasteiger partial charge in [0, 0.05) is 4.11 Å². The minimum Gasteiger partial charge on any atom is -0.497 e. The van der Waals surface area contributed by atoms with Gasteiger partial charge in [0.25, 0.3) is 5.09 Å². The molecule has 0 spiro atoms. The lowest BCUT2D eigenvalue weighted by molar-refractivity contribution is -0.757. The molecule has 2 aromatic carbocycles. The summed E-state index contributed by atoms with van der Waals surface area (Å²) in [5.74, 6) is -3.81. The van der Waals surface area contributed by atoms with E-state index in [0.717, 1.165) is 7.11 Å². The molecule has 134 valence electrons. The van der Waals surface area contributed by atoms with Crippen LogP contribution >= 0.6 is 0 Å². The third kappa shape index (κ3) is 5.34. The van der Waals surface area contributed by atoms with Gasteiger partial charge in [-0.15, -0.1) is 10.1 Å². The number of nitrogens with zero attached hydrogens (tertiary/aromatic N) is 1. The molecule has 0 saturated carbocycles. The van der Waals surface area contributed by atoms with Crippen LogP contribution in [0.2, 0.25) is 0 Å². The fourth-order valence-corrected chi connectivity index (χ4v) is 1.84. The summed E-state index contributed by atoms with van der Waals surface area (Å²) in [5.41, 5.74) is -0.684. The summed E-state index contributed by atoms with van der Waals surface area (Å²) in [4.78, 5) is 27.0. The molecule has 1 atom stereocenters. The van der Waals surface area contributed by atoms with E-state index < -0.39 is 71.0 Å². The number of carbonyl (C=O) groups is 1. The molecule has 0 fully saturated rings. The topological polar surface area (TPSA) is 87.9 Å². The third-order valence-corrected chi connectivity index (χ3v) is 3.08. The zero-order valence-corrected chi connectivity index (χ0v) is 13.3. The molecule has 0 unspecified atom stereocenters. The number of benzene rings is 2. The quantitative estimate of drug-likeness (QED) is 0.296. The van der Waals surface area contributed by atoms with Crippen LogP contribution in [0.3, 0.4) is 0 Å². The van der Waals surface area contributed by atoms with Gasteiger partial charge in [-0.25, -0.2) is 0 Å². The third-order valence-electron chi connectivity index (χ3n) is 3.08. The first-order valence-electron chi connectivity index (χ1n) is 11.8. The first-order valence-corrected chi connectivity index (χ1v) is 7.26. The van der Waals surface area contributed by atoms with E-state index in [1.807, 2.05) is 0 Å². The Morgan fingerprint density at radius 3 is 2.68 bits per heavy atom. The number of hydrogen-bond donors (Lipinski definition) is 0. The van der Waals surface area contributed by atoms with Crippen LogP contribution < -0.4 is 4.74 Å². The smallest absolute Gasteiger partial charge is 0.313 e. The fourth-order valence-electron chi connectivity index (χ4n) is 1.84. The minimum absolute atomic E-state index is 0.108. The molecule has 0 saturated heterocycles. The molecule has 0 aliphatic heterocycles. The van der Waals surface area contributed by atoms with E-state index in [2.05, 4.69) is 4.84 Å². The van der Waals surface area contributed by atoms with Gasteiger partial charge in [-0.2, -0.15) is 0 Å². The van der Waals surface area contributed by atoms with E-state index >= 15 is 0 Å². The zero-order chi connectivity index (χ0) is 26.0. The van der Waals surface area contributed by atoms with Crippen LogP contribution in [0.25, 0.3) is 10.8 Å². The molecule has 2 rings (SSSR count). The van der Waals surface area contributed by atoms with E-state index in [1.165, 1.54) is 0 Å². The molecule has 2 aromatic rings. The number of carbonyl (C=O) groups excluding carboxylic acids is 1. The summed E-state index contributed by atoms with van der Waals surface area (Å²) in [6, 6.07) is -3.95. The van der Waals surface area contributed by atoms with Gasteiger partial charge < -0.3 is 14.3 Å². The SMILES string of the molecule is [2H]c1c([C@@H](C(=O)OCCCCO[N+](=O)[O-])C([2H])([2H])[2H])c([2H])c2c([2H])c([2H])c(OC)c([2H])c2c1[2H]. The van der Waals surface area contributed by atoms with Crippen LogP contribution in [0, 0.1) is 10.1 Å². The first-order chi connectivity index (χ1) is 15.8. The molecule has 25 heavy (non-hydrogen) atoms. The van der Waals surface area contributed by atoms with Crippen LogP contribution in [0.4, 0.5) is 0 Å². The summed E-state index contributed by atoms with van der Waals surface area (Å²) < 4.78 is 82.8. The van der Waals surface area contributed by atoms with E-state index in [9.17, 15) is 14.9 Å². The van der Waals surface area contributed by atoms with Gasteiger partial charge in [0.2, 0.25) is 0 Å². The summed E-state index contributed by atoms with van der Waals surface area (Å²) >= 11 is 0. The van der Waals surface area contributed by atoms with Gasteiger partial charge in [-0.1, -0.05) is 24.2 Å². The Labute approximate surface area is 158 Å². The van der Waals surface area contributed by atoms with Crippen molar-refractivity contribution < 1.29 is 36.5 Å². The summed E-state index contributed by atoms with van der Waals surface area (Å²) in [6.07, 6.45) is 0.243. The molecule has 0 bridgehead atoms. The Morgan fingerprint density at radius 1 is 1.24 bits per heavy atom. The van der Waals surface area contributed by atoms with Crippen molar-refractivity contribution in [3.63, 3.8) is 0 Å². The standard InChI is InChI=1S/C18H21NO6/c1-13(18(20)24-9-3-4-10-25-19(21)22)14-5-6-16-12-17(23-2)8-7-15(16)11-14/h5-8,11-13H,3-4,9-10H2,1-2H3/t13-/m0/s1/i1D3,5D,6D,7D,8D,11D,12D. The second kappa shape index (κ2) is 8.86. The van der Waals surface area contributed by atoms with Crippen LogP contribution in [0.5, 0.6) is 5.75 Å². The fraction of sp³-hybridized carbons (Fsp3) is 0.389. The maximum absolute atomic E-state index is 12.7. The van der Waals surface area contributed by atoms with E-state index in [1.54, 1.807) is 0 Å². The van der Waals surface area contributed by atoms with Crippen molar-refractivity contribution in [3.8, 4) is 5.75 Å². The highest BCUT2D eigenvalue weighted by atomic mass is 16.9. The summed E-state index contributed by atoms with van der Waals surface area (Å²) in [7, 11) is 1.15. The van der Waals surface area contributed by atoms with Crippen molar-refractivity contribution in [2.24, 2.45) is 0 Å². The number of esters is 1. The molecule has 0 amide bonds. The Kier molecular flexibility index (Phi) is 3.40. The second-order valence-electron chi connectivity index (χ2n) is 4.81. The normalized spacial score (nSPS) is 17.4. The van der Waals surface area contributed by atoms with Gasteiger partial charge in [0.15, 0.2) is 0 Å². The Hall–Kier alpha value is -2.83. The van der Waals surface area contributed by atoms with Gasteiger partial charge in [-0.3, -0.25) is 4.79 Å².